The van der Waals surface area contributed by atoms with E-state index < -0.39 is 11.9 Å². The highest BCUT2D eigenvalue weighted by molar-refractivity contribution is 6.09. The lowest BCUT2D eigenvalue weighted by Gasteiger charge is -2.17. The minimum absolute atomic E-state index is 0.114. The van der Waals surface area contributed by atoms with Gasteiger partial charge in [-0.1, -0.05) is 18.2 Å². The lowest BCUT2D eigenvalue weighted by Crippen LogP contribution is -2.39. The molecule has 0 spiro atoms. The minimum Gasteiger partial charge on any atom is -0.459 e. The first-order chi connectivity index (χ1) is 13.3. The van der Waals surface area contributed by atoms with E-state index in [-0.39, 0.29) is 48.1 Å². The second kappa shape index (κ2) is 6.89. The van der Waals surface area contributed by atoms with Gasteiger partial charge >= 0.3 is 5.97 Å². The van der Waals surface area contributed by atoms with Gasteiger partial charge in [0.25, 0.3) is 0 Å². The molecule has 1 heterocycles. The van der Waals surface area contributed by atoms with E-state index in [1.165, 1.54) is 6.07 Å². The van der Waals surface area contributed by atoms with Crippen LogP contribution in [0.3, 0.4) is 0 Å². The number of benzene rings is 1. The van der Waals surface area contributed by atoms with Crippen molar-refractivity contribution in [3.05, 3.63) is 42.0 Å². The van der Waals surface area contributed by atoms with Crippen molar-refractivity contribution in [2.24, 2.45) is 23.7 Å². The van der Waals surface area contributed by atoms with Crippen molar-refractivity contribution < 1.29 is 23.9 Å². The largest absolute Gasteiger partial charge is 0.459 e. The summed E-state index contributed by atoms with van der Waals surface area (Å²) < 4.78 is 5.15. The predicted octanol–water partition coefficient (Wildman–Crippen LogP) is 2.00. The maximum Gasteiger partial charge on any atom is 0.338 e. The van der Waals surface area contributed by atoms with E-state index in [2.05, 4.69) is 5.32 Å². The summed E-state index contributed by atoms with van der Waals surface area (Å²) in [6.07, 6.45) is 4.64. The molecule has 0 aromatic heterocycles. The van der Waals surface area contributed by atoms with Crippen molar-refractivity contribution >= 4 is 29.4 Å². The smallest absolute Gasteiger partial charge is 0.338 e. The summed E-state index contributed by atoms with van der Waals surface area (Å²) >= 11 is 0. The van der Waals surface area contributed by atoms with Gasteiger partial charge in [-0.05, 0) is 50.3 Å². The number of fused-ring (bicyclic) bond motifs is 5. The minimum atomic E-state index is -0.480. The molecular formula is C21H22N2O5. The molecule has 4 atom stereocenters. The Morgan fingerprint density at radius 1 is 1.14 bits per heavy atom. The van der Waals surface area contributed by atoms with Crippen molar-refractivity contribution in [3.63, 3.8) is 0 Å². The Morgan fingerprint density at radius 3 is 2.39 bits per heavy atom. The summed E-state index contributed by atoms with van der Waals surface area (Å²) in [4.78, 5) is 50.8. The maximum absolute atomic E-state index is 12.7. The number of anilines is 1. The molecule has 1 N–H and O–H groups in total. The van der Waals surface area contributed by atoms with E-state index in [0.29, 0.717) is 11.3 Å². The van der Waals surface area contributed by atoms with E-state index in [1.54, 1.807) is 32.0 Å². The number of carbonyl (C=O) groups excluding carboxylic acids is 4. The standard InChI is InChI=1S/C21H22N2O5/c1-11(2)28-21(27)14-4-3-5-15(9-14)22-16(24)10-23-19(25)17-12-6-7-13(8-12)18(17)20(23)26/h3-7,9,11-13,17-18H,8,10H2,1-2H3,(H,22,24)/t12-,13-,17+,18+/m0/s1. The van der Waals surface area contributed by atoms with Gasteiger partial charge in [-0.25, -0.2) is 4.79 Å². The van der Waals surface area contributed by atoms with E-state index >= 15 is 0 Å². The third-order valence-corrected chi connectivity index (χ3v) is 5.59. The molecule has 2 aliphatic carbocycles. The number of imide groups is 1. The van der Waals surface area contributed by atoms with Crippen LogP contribution in [0.15, 0.2) is 36.4 Å². The average molecular weight is 382 g/mol. The van der Waals surface area contributed by atoms with Crippen LogP contribution < -0.4 is 5.32 Å². The van der Waals surface area contributed by atoms with Gasteiger partial charge in [0.2, 0.25) is 17.7 Å². The Labute approximate surface area is 162 Å². The number of likely N-dealkylation sites (tertiary alicyclic amines) is 1. The van der Waals surface area contributed by atoms with Crippen LogP contribution in [-0.2, 0) is 19.1 Å². The summed E-state index contributed by atoms with van der Waals surface area (Å²) in [7, 11) is 0. The molecule has 1 saturated carbocycles. The molecule has 146 valence electrons. The zero-order valence-electron chi connectivity index (χ0n) is 15.8. The third kappa shape index (κ3) is 3.10. The number of amides is 3. The third-order valence-electron chi connectivity index (χ3n) is 5.59. The normalized spacial score (nSPS) is 27.5. The van der Waals surface area contributed by atoms with Gasteiger partial charge in [0.15, 0.2) is 0 Å². The average Bonchev–Trinajstić information content (AvgIpc) is 3.31. The maximum atomic E-state index is 12.7. The van der Waals surface area contributed by atoms with Crippen LogP contribution in [0.4, 0.5) is 5.69 Å². The Kier molecular flexibility index (Phi) is 4.53. The first kappa shape index (κ1) is 18.4. The van der Waals surface area contributed by atoms with Crippen molar-refractivity contribution in [1.82, 2.24) is 4.90 Å². The number of hydrogen-bond acceptors (Lipinski definition) is 5. The Bertz CT molecular complexity index is 861. The number of nitrogens with zero attached hydrogens (tertiary/aromatic N) is 1. The fraction of sp³-hybridized carbons (Fsp3) is 0.429. The van der Waals surface area contributed by atoms with E-state index in [4.69, 9.17) is 4.74 Å². The molecule has 0 radical (unpaired) electrons. The second-order valence-electron chi connectivity index (χ2n) is 7.85. The van der Waals surface area contributed by atoms with E-state index in [0.717, 1.165) is 11.3 Å². The molecule has 7 heteroatoms. The molecule has 1 saturated heterocycles. The summed E-state index contributed by atoms with van der Waals surface area (Å²) in [6.45, 7) is 3.19. The molecule has 3 aliphatic rings. The van der Waals surface area contributed by atoms with Crippen molar-refractivity contribution in [2.45, 2.75) is 26.4 Å². The zero-order valence-corrected chi connectivity index (χ0v) is 15.8. The molecule has 1 aromatic rings. The quantitative estimate of drug-likeness (QED) is 0.478. The molecule has 7 nitrogen and oxygen atoms in total. The molecular weight excluding hydrogens is 360 g/mol. The first-order valence-corrected chi connectivity index (χ1v) is 9.49. The van der Waals surface area contributed by atoms with Gasteiger partial charge in [-0.2, -0.15) is 0 Å². The highest BCUT2D eigenvalue weighted by atomic mass is 16.5. The highest BCUT2D eigenvalue weighted by Crippen LogP contribution is 2.52. The molecule has 4 rings (SSSR count). The highest BCUT2D eigenvalue weighted by Gasteiger charge is 2.59. The summed E-state index contributed by atoms with van der Waals surface area (Å²) in [5.74, 6) is -1.86. The van der Waals surface area contributed by atoms with Crippen LogP contribution >= 0.6 is 0 Å². The topological polar surface area (TPSA) is 92.8 Å². The Morgan fingerprint density at radius 2 is 1.79 bits per heavy atom. The van der Waals surface area contributed by atoms with Gasteiger partial charge in [0, 0.05) is 5.69 Å². The number of hydrogen-bond donors (Lipinski definition) is 1. The fourth-order valence-electron chi connectivity index (χ4n) is 4.47. The monoisotopic (exact) mass is 382 g/mol. The molecule has 0 unspecified atom stereocenters. The lowest BCUT2D eigenvalue weighted by molar-refractivity contribution is -0.143. The number of rotatable bonds is 5. The number of carbonyl (C=O) groups is 4. The van der Waals surface area contributed by atoms with Crippen LogP contribution in [0.5, 0.6) is 0 Å². The molecule has 28 heavy (non-hydrogen) atoms. The van der Waals surface area contributed by atoms with Crippen LogP contribution in [-0.4, -0.2) is 41.2 Å². The second-order valence-corrected chi connectivity index (χ2v) is 7.85. The summed E-state index contributed by atoms with van der Waals surface area (Å²) in [5.41, 5.74) is 0.723. The Hall–Kier alpha value is -2.96. The van der Waals surface area contributed by atoms with Crippen LogP contribution in [0.1, 0.15) is 30.6 Å². The van der Waals surface area contributed by atoms with Gasteiger partial charge in [-0.3, -0.25) is 19.3 Å². The number of nitrogens with one attached hydrogen (secondary N) is 1. The fourth-order valence-corrected chi connectivity index (χ4v) is 4.47. The Balaban J connectivity index is 1.41. The van der Waals surface area contributed by atoms with Crippen molar-refractivity contribution in [3.8, 4) is 0 Å². The number of ether oxygens (including phenoxy) is 1. The molecule has 3 amide bonds. The molecule has 1 aromatic carbocycles. The van der Waals surface area contributed by atoms with Gasteiger partial charge in [0.1, 0.15) is 6.54 Å². The molecule has 1 aliphatic heterocycles. The predicted molar refractivity (Wildman–Crippen MR) is 100 cm³/mol. The van der Waals surface area contributed by atoms with Crippen molar-refractivity contribution in [2.75, 3.05) is 11.9 Å². The lowest BCUT2D eigenvalue weighted by atomic mass is 9.85. The van der Waals surface area contributed by atoms with Gasteiger partial charge in [0.05, 0.1) is 23.5 Å². The van der Waals surface area contributed by atoms with Crippen molar-refractivity contribution in [1.29, 1.82) is 0 Å². The SMILES string of the molecule is CC(C)OC(=O)c1cccc(NC(=O)CN2C(=O)[C@H]3[C@H](C2=O)[C@H]2C=C[C@H]3C2)c1. The van der Waals surface area contributed by atoms with Gasteiger partial charge < -0.3 is 10.1 Å². The van der Waals surface area contributed by atoms with E-state index in [1.807, 2.05) is 12.2 Å². The van der Waals surface area contributed by atoms with E-state index in [9.17, 15) is 19.2 Å². The zero-order chi connectivity index (χ0) is 20.0. The van der Waals surface area contributed by atoms with Crippen LogP contribution in [0, 0.1) is 23.7 Å². The van der Waals surface area contributed by atoms with Crippen LogP contribution in [0.25, 0.3) is 0 Å². The molecule has 2 fully saturated rings. The number of allylic oxidation sites excluding steroid dienone is 2. The first-order valence-electron chi connectivity index (χ1n) is 9.49. The number of esters is 1. The van der Waals surface area contributed by atoms with Crippen LogP contribution in [0.2, 0.25) is 0 Å². The summed E-state index contributed by atoms with van der Waals surface area (Å²) in [6, 6.07) is 6.37. The molecule has 2 bridgehead atoms. The summed E-state index contributed by atoms with van der Waals surface area (Å²) in [5, 5.41) is 2.65. The van der Waals surface area contributed by atoms with Gasteiger partial charge in [-0.15, -0.1) is 0 Å².